The number of hydrogen-bond donors (Lipinski definition) is 1. The van der Waals surface area contributed by atoms with Gasteiger partial charge in [-0.15, -0.1) is 0 Å². The van der Waals surface area contributed by atoms with Gasteiger partial charge < -0.3 is 14.6 Å². The molecule has 0 aromatic heterocycles. The van der Waals surface area contributed by atoms with Gasteiger partial charge in [0.1, 0.15) is 18.0 Å². The van der Waals surface area contributed by atoms with E-state index in [0.29, 0.717) is 13.2 Å². The van der Waals surface area contributed by atoms with Crippen LogP contribution in [-0.4, -0.2) is 49.0 Å². The van der Waals surface area contributed by atoms with E-state index in [0.717, 1.165) is 37.4 Å². The molecule has 4 heteroatoms. The van der Waals surface area contributed by atoms with Gasteiger partial charge in [-0.2, -0.15) is 0 Å². The van der Waals surface area contributed by atoms with Crippen molar-refractivity contribution in [1.82, 2.24) is 4.90 Å². The molecular formula is C16H25NO3. The highest BCUT2D eigenvalue weighted by Crippen LogP contribution is 2.24. The third-order valence-electron chi connectivity index (χ3n) is 3.60. The van der Waals surface area contributed by atoms with Gasteiger partial charge >= 0.3 is 0 Å². The van der Waals surface area contributed by atoms with Crippen LogP contribution in [0.25, 0.3) is 0 Å². The van der Waals surface area contributed by atoms with Crippen LogP contribution in [0.15, 0.2) is 24.3 Å². The van der Waals surface area contributed by atoms with E-state index in [1.807, 2.05) is 31.2 Å². The fraction of sp³-hybridized carbons (Fsp3) is 0.625. The van der Waals surface area contributed by atoms with Crippen molar-refractivity contribution in [2.45, 2.75) is 32.5 Å². The first-order valence-corrected chi connectivity index (χ1v) is 7.49. The molecule has 1 aromatic rings. The van der Waals surface area contributed by atoms with Gasteiger partial charge in [0, 0.05) is 13.1 Å². The minimum absolute atomic E-state index is 0.145. The molecule has 112 valence electrons. The van der Waals surface area contributed by atoms with Crippen molar-refractivity contribution in [1.29, 1.82) is 0 Å². The molecule has 1 aliphatic rings. The number of morpholine rings is 1. The van der Waals surface area contributed by atoms with Crippen molar-refractivity contribution >= 4 is 0 Å². The highest BCUT2D eigenvalue weighted by atomic mass is 16.5. The molecule has 1 fully saturated rings. The summed E-state index contributed by atoms with van der Waals surface area (Å²) in [5.41, 5.74) is 0.886. The summed E-state index contributed by atoms with van der Waals surface area (Å²) < 4.78 is 11.1. The van der Waals surface area contributed by atoms with E-state index in [1.54, 1.807) is 0 Å². The second-order valence-corrected chi connectivity index (χ2v) is 5.16. The molecule has 2 unspecified atom stereocenters. The molecule has 1 heterocycles. The van der Waals surface area contributed by atoms with Crippen LogP contribution in [-0.2, 0) is 4.74 Å². The highest BCUT2D eigenvalue weighted by Gasteiger charge is 2.27. The molecule has 0 bridgehead atoms. The standard InChI is InChI=1S/C16H25NO3/c1-3-9-17-10-11-20-15(12-17)16(18)13-5-7-14(8-6-13)19-4-2/h5-8,15-16,18H,3-4,9-12H2,1-2H3. The number of aliphatic hydroxyl groups excluding tert-OH is 1. The number of hydrogen-bond acceptors (Lipinski definition) is 4. The van der Waals surface area contributed by atoms with Crippen molar-refractivity contribution in [2.24, 2.45) is 0 Å². The lowest BCUT2D eigenvalue weighted by Gasteiger charge is -2.35. The Labute approximate surface area is 121 Å². The van der Waals surface area contributed by atoms with E-state index in [4.69, 9.17) is 9.47 Å². The van der Waals surface area contributed by atoms with Crippen LogP contribution in [0.2, 0.25) is 0 Å². The summed E-state index contributed by atoms with van der Waals surface area (Å²) in [5.74, 6) is 0.834. The van der Waals surface area contributed by atoms with Crippen molar-refractivity contribution < 1.29 is 14.6 Å². The number of aliphatic hydroxyl groups is 1. The van der Waals surface area contributed by atoms with Crippen LogP contribution < -0.4 is 4.74 Å². The van der Waals surface area contributed by atoms with Crippen LogP contribution >= 0.6 is 0 Å². The van der Waals surface area contributed by atoms with Gasteiger partial charge in [-0.1, -0.05) is 19.1 Å². The van der Waals surface area contributed by atoms with E-state index in [1.165, 1.54) is 0 Å². The van der Waals surface area contributed by atoms with Crippen molar-refractivity contribution in [3.8, 4) is 5.75 Å². The quantitative estimate of drug-likeness (QED) is 0.867. The normalized spacial score (nSPS) is 21.6. The number of rotatable bonds is 6. The van der Waals surface area contributed by atoms with E-state index >= 15 is 0 Å². The zero-order chi connectivity index (χ0) is 14.4. The SMILES string of the molecule is CCCN1CCOC(C(O)c2ccc(OCC)cc2)C1. The number of benzene rings is 1. The van der Waals surface area contributed by atoms with E-state index < -0.39 is 6.10 Å². The predicted octanol–water partition coefficient (Wildman–Crippen LogP) is 2.23. The lowest BCUT2D eigenvalue weighted by Crippen LogP contribution is -2.45. The smallest absolute Gasteiger partial charge is 0.119 e. The molecule has 4 nitrogen and oxygen atoms in total. The minimum Gasteiger partial charge on any atom is -0.494 e. The minimum atomic E-state index is -0.578. The largest absolute Gasteiger partial charge is 0.494 e. The molecule has 20 heavy (non-hydrogen) atoms. The Balaban J connectivity index is 1.97. The van der Waals surface area contributed by atoms with Crippen molar-refractivity contribution in [3.05, 3.63) is 29.8 Å². The first-order chi connectivity index (χ1) is 9.74. The lowest BCUT2D eigenvalue weighted by molar-refractivity contribution is -0.0898. The monoisotopic (exact) mass is 279 g/mol. The first-order valence-electron chi connectivity index (χ1n) is 7.49. The maximum Gasteiger partial charge on any atom is 0.119 e. The van der Waals surface area contributed by atoms with Crippen LogP contribution in [0.3, 0.4) is 0 Å². The molecule has 1 aromatic carbocycles. The molecule has 0 amide bonds. The topological polar surface area (TPSA) is 41.9 Å². The molecule has 0 spiro atoms. The third kappa shape index (κ3) is 3.95. The Hall–Kier alpha value is -1.10. The van der Waals surface area contributed by atoms with E-state index in [-0.39, 0.29) is 6.10 Å². The fourth-order valence-corrected chi connectivity index (χ4v) is 2.58. The zero-order valence-corrected chi connectivity index (χ0v) is 12.4. The van der Waals surface area contributed by atoms with Crippen LogP contribution in [0, 0.1) is 0 Å². The number of nitrogens with zero attached hydrogens (tertiary/aromatic N) is 1. The van der Waals surface area contributed by atoms with Crippen LogP contribution in [0.5, 0.6) is 5.75 Å². The van der Waals surface area contributed by atoms with Gasteiger partial charge in [-0.3, -0.25) is 4.90 Å². The second-order valence-electron chi connectivity index (χ2n) is 5.16. The predicted molar refractivity (Wildman–Crippen MR) is 79.0 cm³/mol. The van der Waals surface area contributed by atoms with Gasteiger partial charge in [-0.05, 0) is 37.6 Å². The van der Waals surface area contributed by atoms with E-state index in [9.17, 15) is 5.11 Å². The van der Waals surface area contributed by atoms with Crippen molar-refractivity contribution in [3.63, 3.8) is 0 Å². The summed E-state index contributed by atoms with van der Waals surface area (Å²) in [4.78, 5) is 2.35. The molecule has 0 radical (unpaired) electrons. The summed E-state index contributed by atoms with van der Waals surface area (Å²) in [5, 5.41) is 10.5. The fourth-order valence-electron chi connectivity index (χ4n) is 2.58. The summed E-state index contributed by atoms with van der Waals surface area (Å²) in [7, 11) is 0. The Morgan fingerprint density at radius 3 is 2.75 bits per heavy atom. The third-order valence-corrected chi connectivity index (χ3v) is 3.60. The highest BCUT2D eigenvalue weighted by molar-refractivity contribution is 5.29. The van der Waals surface area contributed by atoms with Crippen LogP contribution in [0.1, 0.15) is 31.9 Å². The molecule has 2 atom stereocenters. The maximum absolute atomic E-state index is 10.5. The maximum atomic E-state index is 10.5. The number of ether oxygens (including phenoxy) is 2. The van der Waals surface area contributed by atoms with Crippen LogP contribution in [0.4, 0.5) is 0 Å². The van der Waals surface area contributed by atoms with Gasteiger partial charge in [-0.25, -0.2) is 0 Å². The molecule has 2 rings (SSSR count). The van der Waals surface area contributed by atoms with Gasteiger partial charge in [0.2, 0.25) is 0 Å². The molecule has 0 aliphatic carbocycles. The van der Waals surface area contributed by atoms with Gasteiger partial charge in [0.25, 0.3) is 0 Å². The summed E-state index contributed by atoms with van der Waals surface area (Å²) in [6.45, 7) is 8.30. The molecule has 1 aliphatic heterocycles. The summed E-state index contributed by atoms with van der Waals surface area (Å²) >= 11 is 0. The second kappa shape index (κ2) is 7.62. The first kappa shape index (κ1) is 15.3. The molecule has 0 saturated carbocycles. The van der Waals surface area contributed by atoms with E-state index in [2.05, 4.69) is 11.8 Å². The Kier molecular flexibility index (Phi) is 5.83. The summed E-state index contributed by atoms with van der Waals surface area (Å²) in [6, 6.07) is 7.62. The average molecular weight is 279 g/mol. The Morgan fingerprint density at radius 1 is 1.35 bits per heavy atom. The molecular weight excluding hydrogens is 254 g/mol. The molecule has 1 saturated heterocycles. The lowest BCUT2D eigenvalue weighted by atomic mass is 10.0. The Morgan fingerprint density at radius 2 is 2.10 bits per heavy atom. The Bertz CT molecular complexity index is 391. The molecule has 1 N–H and O–H groups in total. The van der Waals surface area contributed by atoms with Crippen molar-refractivity contribution in [2.75, 3.05) is 32.8 Å². The van der Waals surface area contributed by atoms with Gasteiger partial charge in [0.05, 0.1) is 13.2 Å². The summed E-state index contributed by atoms with van der Waals surface area (Å²) in [6.07, 6.45) is 0.407. The van der Waals surface area contributed by atoms with Gasteiger partial charge in [0.15, 0.2) is 0 Å². The zero-order valence-electron chi connectivity index (χ0n) is 12.4. The average Bonchev–Trinajstić information content (AvgIpc) is 2.48.